The van der Waals surface area contributed by atoms with Crippen LogP contribution in [-0.2, 0) is 6.42 Å². The van der Waals surface area contributed by atoms with Gasteiger partial charge in [0.05, 0.1) is 12.4 Å². The second kappa shape index (κ2) is 3.14. The van der Waals surface area contributed by atoms with E-state index in [-0.39, 0.29) is 0 Å². The number of benzene rings is 2. The van der Waals surface area contributed by atoms with Crippen molar-refractivity contribution >= 4 is 10.8 Å². The fourth-order valence-electron chi connectivity index (χ4n) is 2.70. The minimum atomic E-state index is 1.01. The number of fused-ring (bicyclic) bond motifs is 5. The largest absolute Gasteiger partial charge is 0.158 e. The summed E-state index contributed by atoms with van der Waals surface area (Å²) in [5.41, 5.74) is 5.51. The number of rotatable bonds is 0. The highest BCUT2D eigenvalue weighted by molar-refractivity contribution is 5.94. The van der Waals surface area contributed by atoms with Gasteiger partial charge < -0.3 is 0 Å². The van der Waals surface area contributed by atoms with Crippen LogP contribution in [0.2, 0.25) is 0 Å². The average Bonchev–Trinajstić information content (AvgIpc) is 2.78. The van der Waals surface area contributed by atoms with Crippen molar-refractivity contribution < 1.29 is 0 Å². The lowest BCUT2D eigenvalue weighted by molar-refractivity contribution is 1.05. The molecule has 80 valence electrons. The molecule has 2 aromatic carbocycles. The van der Waals surface area contributed by atoms with Crippen LogP contribution in [-0.4, -0.2) is 10.2 Å². The van der Waals surface area contributed by atoms with E-state index in [1.807, 2.05) is 12.4 Å². The second-order valence-electron chi connectivity index (χ2n) is 4.42. The summed E-state index contributed by atoms with van der Waals surface area (Å²) in [5.74, 6) is 0. The van der Waals surface area contributed by atoms with Crippen molar-refractivity contribution in [2.75, 3.05) is 0 Å². The van der Waals surface area contributed by atoms with Gasteiger partial charge >= 0.3 is 0 Å². The van der Waals surface area contributed by atoms with E-state index in [2.05, 4.69) is 46.6 Å². The molecule has 0 bridgehead atoms. The second-order valence-corrected chi connectivity index (χ2v) is 4.42. The molecule has 4 rings (SSSR count). The quantitative estimate of drug-likeness (QED) is 0.453. The van der Waals surface area contributed by atoms with Gasteiger partial charge in [0.2, 0.25) is 0 Å². The van der Waals surface area contributed by atoms with E-state index in [1.165, 1.54) is 33.0 Å². The average molecular weight is 218 g/mol. The SMILES string of the molecule is c1ccc2c(c1)Cc1c-2ccc2cnncc12. The molecule has 1 aliphatic rings. The van der Waals surface area contributed by atoms with Gasteiger partial charge in [-0.25, -0.2) is 0 Å². The molecule has 0 saturated carbocycles. The summed E-state index contributed by atoms with van der Waals surface area (Å²) >= 11 is 0. The van der Waals surface area contributed by atoms with E-state index in [0.29, 0.717) is 0 Å². The Morgan fingerprint density at radius 3 is 2.71 bits per heavy atom. The molecule has 0 atom stereocenters. The minimum Gasteiger partial charge on any atom is -0.158 e. The van der Waals surface area contributed by atoms with Crippen molar-refractivity contribution in [1.29, 1.82) is 0 Å². The zero-order valence-electron chi connectivity index (χ0n) is 9.22. The van der Waals surface area contributed by atoms with Crippen LogP contribution >= 0.6 is 0 Å². The van der Waals surface area contributed by atoms with Crippen molar-refractivity contribution in [3.8, 4) is 11.1 Å². The van der Waals surface area contributed by atoms with Crippen molar-refractivity contribution in [1.82, 2.24) is 10.2 Å². The van der Waals surface area contributed by atoms with E-state index in [0.717, 1.165) is 6.42 Å². The Hall–Kier alpha value is -2.22. The first kappa shape index (κ1) is 8.88. The van der Waals surface area contributed by atoms with Crippen LogP contribution in [0.15, 0.2) is 48.8 Å². The molecule has 0 N–H and O–H groups in total. The van der Waals surface area contributed by atoms with Crippen LogP contribution in [0, 0.1) is 0 Å². The van der Waals surface area contributed by atoms with E-state index in [4.69, 9.17) is 0 Å². The number of hydrogen-bond donors (Lipinski definition) is 0. The number of nitrogens with zero attached hydrogens (tertiary/aromatic N) is 2. The lowest BCUT2D eigenvalue weighted by Gasteiger charge is -2.03. The highest BCUT2D eigenvalue weighted by Gasteiger charge is 2.19. The van der Waals surface area contributed by atoms with Gasteiger partial charge in [-0.05, 0) is 28.7 Å². The Balaban J connectivity index is 2.11. The molecule has 0 spiro atoms. The third-order valence-corrected chi connectivity index (χ3v) is 3.52. The molecular weight excluding hydrogens is 208 g/mol. The maximum Gasteiger partial charge on any atom is 0.0577 e. The number of hydrogen-bond acceptors (Lipinski definition) is 2. The lowest BCUT2D eigenvalue weighted by atomic mass is 10.0. The summed E-state index contributed by atoms with van der Waals surface area (Å²) in [5, 5.41) is 10.3. The molecule has 2 heteroatoms. The van der Waals surface area contributed by atoms with Gasteiger partial charge in [0.25, 0.3) is 0 Å². The first-order chi connectivity index (χ1) is 8.43. The molecule has 0 unspecified atom stereocenters. The minimum absolute atomic E-state index is 1.01. The van der Waals surface area contributed by atoms with Gasteiger partial charge in [-0.1, -0.05) is 36.4 Å². The van der Waals surface area contributed by atoms with E-state index in [9.17, 15) is 0 Å². The van der Waals surface area contributed by atoms with Crippen LogP contribution in [0.5, 0.6) is 0 Å². The fraction of sp³-hybridized carbons (Fsp3) is 0.0667. The first-order valence-electron chi connectivity index (χ1n) is 5.74. The Kier molecular flexibility index (Phi) is 1.64. The monoisotopic (exact) mass is 218 g/mol. The molecule has 1 aromatic heterocycles. The topological polar surface area (TPSA) is 25.8 Å². The zero-order valence-corrected chi connectivity index (χ0v) is 9.22. The van der Waals surface area contributed by atoms with Gasteiger partial charge in [0, 0.05) is 10.8 Å². The van der Waals surface area contributed by atoms with Crippen LogP contribution in [0.1, 0.15) is 11.1 Å². The summed E-state index contributed by atoms with van der Waals surface area (Å²) in [6.45, 7) is 0. The third-order valence-electron chi connectivity index (χ3n) is 3.52. The van der Waals surface area contributed by atoms with Gasteiger partial charge in [-0.3, -0.25) is 0 Å². The first-order valence-corrected chi connectivity index (χ1v) is 5.74. The van der Waals surface area contributed by atoms with Crippen molar-refractivity contribution in [2.45, 2.75) is 6.42 Å². The molecule has 3 aromatic rings. The Morgan fingerprint density at radius 1 is 0.824 bits per heavy atom. The molecule has 17 heavy (non-hydrogen) atoms. The van der Waals surface area contributed by atoms with Crippen molar-refractivity contribution in [2.24, 2.45) is 0 Å². The maximum atomic E-state index is 4.00. The van der Waals surface area contributed by atoms with Crippen LogP contribution < -0.4 is 0 Å². The van der Waals surface area contributed by atoms with Gasteiger partial charge in [0.15, 0.2) is 0 Å². The smallest absolute Gasteiger partial charge is 0.0577 e. The highest BCUT2D eigenvalue weighted by Crippen LogP contribution is 2.39. The van der Waals surface area contributed by atoms with Gasteiger partial charge in [0.1, 0.15) is 0 Å². The van der Waals surface area contributed by atoms with Crippen molar-refractivity contribution in [3.63, 3.8) is 0 Å². The Morgan fingerprint density at radius 2 is 1.71 bits per heavy atom. The molecule has 0 saturated heterocycles. The predicted molar refractivity (Wildman–Crippen MR) is 67.8 cm³/mol. The summed E-state index contributed by atoms with van der Waals surface area (Å²) in [6.07, 6.45) is 4.72. The number of aromatic nitrogens is 2. The third kappa shape index (κ3) is 1.15. The fourth-order valence-corrected chi connectivity index (χ4v) is 2.70. The normalized spacial score (nSPS) is 12.5. The molecular formula is C15H10N2. The predicted octanol–water partition coefficient (Wildman–Crippen LogP) is 3.20. The zero-order chi connectivity index (χ0) is 11.2. The standard InChI is InChI=1S/C15H10N2/c1-2-4-12-10(3-1)7-14-13(12)6-5-11-8-16-17-9-15(11)14/h1-6,8-9H,7H2. The molecule has 0 fully saturated rings. The molecule has 1 heterocycles. The molecule has 0 amide bonds. The summed E-state index contributed by atoms with van der Waals surface area (Å²) < 4.78 is 0. The van der Waals surface area contributed by atoms with Crippen LogP contribution in [0.25, 0.3) is 21.9 Å². The summed E-state index contributed by atoms with van der Waals surface area (Å²) in [7, 11) is 0. The van der Waals surface area contributed by atoms with Gasteiger partial charge in [-0.2, -0.15) is 10.2 Å². The van der Waals surface area contributed by atoms with E-state index < -0.39 is 0 Å². The van der Waals surface area contributed by atoms with Crippen LogP contribution in [0.3, 0.4) is 0 Å². The summed E-state index contributed by atoms with van der Waals surface area (Å²) in [4.78, 5) is 0. The maximum absolute atomic E-state index is 4.00. The highest BCUT2D eigenvalue weighted by atomic mass is 15.1. The van der Waals surface area contributed by atoms with E-state index in [1.54, 1.807) is 0 Å². The Labute approximate surface area is 98.9 Å². The van der Waals surface area contributed by atoms with Gasteiger partial charge in [-0.15, -0.1) is 0 Å². The summed E-state index contributed by atoms with van der Waals surface area (Å²) in [6, 6.07) is 12.9. The molecule has 1 aliphatic carbocycles. The van der Waals surface area contributed by atoms with Crippen LogP contribution in [0.4, 0.5) is 0 Å². The molecule has 0 aliphatic heterocycles. The van der Waals surface area contributed by atoms with E-state index >= 15 is 0 Å². The lowest BCUT2D eigenvalue weighted by Crippen LogP contribution is -1.87. The molecule has 0 radical (unpaired) electrons. The Bertz CT molecular complexity index is 732. The molecule has 2 nitrogen and oxygen atoms in total. The van der Waals surface area contributed by atoms with Crippen molar-refractivity contribution in [3.05, 3.63) is 59.9 Å².